The number of urea groups is 1. The van der Waals surface area contributed by atoms with Crippen LogP contribution < -0.4 is 10.6 Å². The molecular weight excluding hydrogens is 290 g/mol. The highest BCUT2D eigenvalue weighted by Crippen LogP contribution is 2.16. The molecule has 1 rings (SSSR count). The van der Waals surface area contributed by atoms with Gasteiger partial charge in [0.15, 0.2) is 6.61 Å². The molecule has 1 atom stereocenters. The molecule has 0 saturated carbocycles. The number of amides is 4. The van der Waals surface area contributed by atoms with E-state index in [0.29, 0.717) is 0 Å². The largest absolute Gasteiger partial charge is 0.454 e. The first-order chi connectivity index (χ1) is 10.2. The summed E-state index contributed by atoms with van der Waals surface area (Å²) in [7, 11) is 0. The molecule has 22 heavy (non-hydrogen) atoms. The summed E-state index contributed by atoms with van der Waals surface area (Å²) in [4.78, 5) is 47.5. The van der Waals surface area contributed by atoms with E-state index in [-0.39, 0.29) is 6.04 Å². The van der Waals surface area contributed by atoms with Gasteiger partial charge in [0.25, 0.3) is 11.8 Å². The van der Waals surface area contributed by atoms with Gasteiger partial charge in [-0.2, -0.15) is 0 Å². The Morgan fingerprint density at radius 1 is 1.36 bits per heavy atom. The third-order valence-electron chi connectivity index (χ3n) is 3.22. The molecule has 0 aromatic rings. The monoisotopic (exact) mass is 313 g/mol. The zero-order valence-corrected chi connectivity index (χ0v) is 13.4. The molecule has 0 aromatic carbocycles. The lowest BCUT2D eigenvalue weighted by molar-refractivity contribution is -0.151. The average molecular weight is 313 g/mol. The molecule has 1 fully saturated rings. The zero-order chi connectivity index (χ0) is 16.9. The van der Waals surface area contributed by atoms with E-state index in [4.69, 9.17) is 4.74 Å². The fourth-order valence-electron chi connectivity index (χ4n) is 2.10. The van der Waals surface area contributed by atoms with Gasteiger partial charge in [0.1, 0.15) is 12.1 Å². The number of ether oxygens (including phenoxy) is 1. The van der Waals surface area contributed by atoms with Crippen molar-refractivity contribution in [2.75, 3.05) is 13.2 Å². The summed E-state index contributed by atoms with van der Waals surface area (Å²) >= 11 is 0. The van der Waals surface area contributed by atoms with Crippen molar-refractivity contribution in [2.45, 2.75) is 52.1 Å². The van der Waals surface area contributed by atoms with Crippen LogP contribution in [-0.4, -0.2) is 53.4 Å². The Morgan fingerprint density at radius 3 is 2.50 bits per heavy atom. The van der Waals surface area contributed by atoms with Crippen LogP contribution in [0.15, 0.2) is 0 Å². The van der Waals surface area contributed by atoms with Crippen molar-refractivity contribution in [2.24, 2.45) is 0 Å². The Kier molecular flexibility index (Phi) is 5.90. The van der Waals surface area contributed by atoms with Crippen molar-refractivity contribution < 1.29 is 23.9 Å². The second kappa shape index (κ2) is 7.24. The molecule has 1 aliphatic heterocycles. The highest BCUT2D eigenvalue weighted by Gasteiger charge is 2.45. The van der Waals surface area contributed by atoms with Crippen LogP contribution in [0, 0.1) is 0 Å². The summed E-state index contributed by atoms with van der Waals surface area (Å²) in [5.74, 6) is -1.72. The first kappa shape index (κ1) is 17.9. The minimum atomic E-state index is -1.04. The van der Waals surface area contributed by atoms with Crippen LogP contribution in [0.1, 0.15) is 40.5 Å². The summed E-state index contributed by atoms with van der Waals surface area (Å²) in [5, 5.41) is 5.14. The van der Waals surface area contributed by atoms with E-state index in [1.807, 2.05) is 13.8 Å². The number of hydrogen-bond acceptors (Lipinski definition) is 5. The van der Waals surface area contributed by atoms with Gasteiger partial charge in [-0.1, -0.05) is 13.3 Å². The predicted octanol–water partition coefficient (Wildman–Crippen LogP) is 0.165. The van der Waals surface area contributed by atoms with E-state index in [1.165, 1.54) is 0 Å². The molecule has 0 bridgehead atoms. The molecule has 2 N–H and O–H groups in total. The number of nitrogens with one attached hydrogen (secondary N) is 2. The SMILES string of the molecule is CCCC(C)NC(=O)COC(=O)CN1C(=O)NC(C)(C)C1=O. The van der Waals surface area contributed by atoms with Crippen LogP contribution in [0.25, 0.3) is 0 Å². The van der Waals surface area contributed by atoms with Crippen molar-refractivity contribution in [3.05, 3.63) is 0 Å². The van der Waals surface area contributed by atoms with Crippen LogP contribution in [0.3, 0.4) is 0 Å². The Hall–Kier alpha value is -2.12. The van der Waals surface area contributed by atoms with Gasteiger partial charge in [-0.25, -0.2) is 4.79 Å². The van der Waals surface area contributed by atoms with Gasteiger partial charge in [0, 0.05) is 6.04 Å². The molecule has 8 heteroatoms. The molecule has 1 aliphatic rings. The predicted molar refractivity (Wildman–Crippen MR) is 77.8 cm³/mol. The van der Waals surface area contributed by atoms with E-state index >= 15 is 0 Å². The fraction of sp³-hybridized carbons (Fsp3) is 0.714. The lowest BCUT2D eigenvalue weighted by Crippen LogP contribution is -2.41. The number of nitrogens with zero attached hydrogens (tertiary/aromatic N) is 1. The highest BCUT2D eigenvalue weighted by molar-refractivity contribution is 6.08. The molecule has 1 saturated heterocycles. The number of rotatable bonds is 7. The van der Waals surface area contributed by atoms with Gasteiger partial charge in [0.05, 0.1) is 0 Å². The molecule has 0 aliphatic carbocycles. The maximum absolute atomic E-state index is 11.9. The van der Waals surface area contributed by atoms with E-state index in [9.17, 15) is 19.2 Å². The molecule has 0 spiro atoms. The van der Waals surface area contributed by atoms with Crippen molar-refractivity contribution in [1.82, 2.24) is 15.5 Å². The molecule has 0 radical (unpaired) electrons. The lowest BCUT2D eigenvalue weighted by atomic mass is 10.1. The maximum Gasteiger partial charge on any atom is 0.326 e. The molecule has 1 heterocycles. The van der Waals surface area contributed by atoms with Gasteiger partial charge in [-0.3, -0.25) is 19.3 Å². The molecular formula is C14H23N3O5. The summed E-state index contributed by atoms with van der Waals surface area (Å²) in [6, 6.07) is -0.643. The molecule has 124 valence electrons. The number of esters is 1. The van der Waals surface area contributed by atoms with Crippen LogP contribution in [0.2, 0.25) is 0 Å². The normalized spacial score (nSPS) is 17.9. The third-order valence-corrected chi connectivity index (χ3v) is 3.22. The van der Waals surface area contributed by atoms with Crippen LogP contribution in [-0.2, 0) is 19.1 Å². The third kappa shape index (κ3) is 4.71. The molecule has 8 nitrogen and oxygen atoms in total. The van der Waals surface area contributed by atoms with Gasteiger partial charge >= 0.3 is 12.0 Å². The highest BCUT2D eigenvalue weighted by atomic mass is 16.5. The summed E-state index contributed by atoms with van der Waals surface area (Å²) in [6.07, 6.45) is 1.76. The quantitative estimate of drug-likeness (QED) is 0.515. The van der Waals surface area contributed by atoms with Crippen LogP contribution >= 0.6 is 0 Å². The lowest BCUT2D eigenvalue weighted by Gasteiger charge is -2.16. The Morgan fingerprint density at radius 2 is 2.00 bits per heavy atom. The molecule has 4 amide bonds. The topological polar surface area (TPSA) is 105 Å². The Bertz CT molecular complexity index is 475. The van der Waals surface area contributed by atoms with E-state index in [2.05, 4.69) is 10.6 Å². The first-order valence-electron chi connectivity index (χ1n) is 7.26. The van der Waals surface area contributed by atoms with Gasteiger partial charge in [-0.05, 0) is 27.2 Å². The summed E-state index contributed by atoms with van der Waals surface area (Å²) in [6.45, 7) is 6.01. The minimum Gasteiger partial charge on any atom is -0.454 e. The Labute approximate surface area is 129 Å². The second-order valence-electron chi connectivity index (χ2n) is 5.86. The van der Waals surface area contributed by atoms with Crippen LogP contribution in [0.4, 0.5) is 4.79 Å². The molecule has 1 unspecified atom stereocenters. The second-order valence-corrected chi connectivity index (χ2v) is 5.86. The van der Waals surface area contributed by atoms with E-state index in [1.54, 1.807) is 13.8 Å². The number of carbonyl (C=O) groups is 4. The smallest absolute Gasteiger partial charge is 0.326 e. The Balaban J connectivity index is 2.40. The number of carbonyl (C=O) groups excluding carboxylic acids is 4. The number of hydrogen-bond donors (Lipinski definition) is 2. The van der Waals surface area contributed by atoms with Gasteiger partial charge in [0.2, 0.25) is 0 Å². The van der Waals surface area contributed by atoms with Crippen molar-refractivity contribution in [3.8, 4) is 0 Å². The molecule has 0 aromatic heterocycles. The van der Waals surface area contributed by atoms with E-state index in [0.717, 1.165) is 17.7 Å². The standard InChI is InChI=1S/C14H23N3O5/c1-5-6-9(2)15-10(18)8-22-11(19)7-17-12(20)14(3,4)16-13(17)21/h9H,5-8H2,1-4H3,(H,15,18)(H,16,21). The van der Waals surface area contributed by atoms with Gasteiger partial charge in [-0.15, -0.1) is 0 Å². The fourth-order valence-corrected chi connectivity index (χ4v) is 2.10. The summed E-state index contributed by atoms with van der Waals surface area (Å²) < 4.78 is 4.78. The first-order valence-corrected chi connectivity index (χ1v) is 7.26. The minimum absolute atomic E-state index is 0.00272. The van der Waals surface area contributed by atoms with E-state index < -0.39 is 42.5 Å². The number of imide groups is 1. The zero-order valence-electron chi connectivity index (χ0n) is 13.4. The van der Waals surface area contributed by atoms with Crippen molar-refractivity contribution in [1.29, 1.82) is 0 Å². The average Bonchev–Trinajstić information content (AvgIpc) is 2.59. The summed E-state index contributed by atoms with van der Waals surface area (Å²) in [5.41, 5.74) is -1.04. The maximum atomic E-state index is 11.9. The van der Waals surface area contributed by atoms with Crippen molar-refractivity contribution >= 4 is 23.8 Å². The van der Waals surface area contributed by atoms with Gasteiger partial charge < -0.3 is 15.4 Å². The van der Waals surface area contributed by atoms with Crippen LogP contribution in [0.5, 0.6) is 0 Å². The van der Waals surface area contributed by atoms with Crippen molar-refractivity contribution in [3.63, 3.8) is 0 Å².